The van der Waals surface area contributed by atoms with Crippen molar-refractivity contribution in [3.8, 4) is 21.7 Å². The SMILES string of the molecule is Cc1ncsc1-c1ccc(CNC(=O)[C@@H]2C[C@@H](O)CN2C(=O)[C@@H](NC(=O)CCCCCCCCN2CCN(C(=O)c3ccc(Nc4nc(C5CC5)cn5c(-c6cn[nH]c6)cnc45)c(F)c3)CC2)C(C)(C)C)cc1. The Bertz CT molecular complexity index is 2890. The monoisotopic (exact) mass is 1010 g/mol. The number of β-amino-alcohol motifs (C(OH)–C–C–N with tert-alkyl or cyclic N) is 1. The minimum Gasteiger partial charge on any atom is -0.391 e. The summed E-state index contributed by atoms with van der Waals surface area (Å²) >= 11 is 1.58. The van der Waals surface area contributed by atoms with Crippen LogP contribution in [0.3, 0.4) is 0 Å². The highest BCUT2D eigenvalue weighted by Crippen LogP contribution is 2.41. The van der Waals surface area contributed by atoms with Crippen LogP contribution in [0.5, 0.6) is 0 Å². The molecule has 19 heteroatoms. The van der Waals surface area contributed by atoms with Crippen molar-refractivity contribution < 1.29 is 28.7 Å². The number of unbranched alkanes of at least 4 members (excludes halogenated alkanes) is 5. The number of aliphatic hydroxyl groups excluding tert-OH is 1. The average molecular weight is 1020 g/mol. The number of piperazine rings is 1. The van der Waals surface area contributed by atoms with Gasteiger partial charge in [0.15, 0.2) is 11.5 Å². The lowest BCUT2D eigenvalue weighted by Gasteiger charge is -2.35. The molecule has 2 saturated heterocycles. The van der Waals surface area contributed by atoms with Crippen LogP contribution in [0.1, 0.15) is 118 Å². The van der Waals surface area contributed by atoms with Crippen LogP contribution in [-0.2, 0) is 20.9 Å². The lowest BCUT2D eigenvalue weighted by atomic mass is 9.85. The average Bonchev–Trinajstić information content (AvgIpc) is 3.69. The molecular weight excluding hydrogens is 948 g/mol. The fourth-order valence-corrected chi connectivity index (χ4v) is 10.7. The highest BCUT2D eigenvalue weighted by molar-refractivity contribution is 7.13. The summed E-state index contributed by atoms with van der Waals surface area (Å²) in [4.78, 5) is 74.7. The molecule has 386 valence electrons. The number of aromatic amines is 1. The predicted molar refractivity (Wildman–Crippen MR) is 279 cm³/mol. The fourth-order valence-electron chi connectivity index (χ4n) is 9.85. The van der Waals surface area contributed by atoms with E-state index in [0.717, 1.165) is 103 Å². The van der Waals surface area contributed by atoms with E-state index in [1.807, 2.05) is 68.1 Å². The van der Waals surface area contributed by atoms with Crippen LogP contribution in [0.25, 0.3) is 27.3 Å². The molecule has 3 fully saturated rings. The second kappa shape index (κ2) is 22.7. The van der Waals surface area contributed by atoms with Gasteiger partial charge in [0.25, 0.3) is 5.91 Å². The number of aromatic nitrogens is 6. The molecule has 3 aliphatic rings. The van der Waals surface area contributed by atoms with Gasteiger partial charge in [-0.1, -0.05) is 70.7 Å². The molecule has 2 aliphatic heterocycles. The van der Waals surface area contributed by atoms with E-state index in [4.69, 9.17) is 4.98 Å². The summed E-state index contributed by atoms with van der Waals surface area (Å²) in [5.41, 5.74) is 7.88. The zero-order valence-electron chi connectivity index (χ0n) is 42.2. The number of carbonyl (C=O) groups excluding carboxylic acids is 4. The third-order valence-electron chi connectivity index (χ3n) is 14.3. The number of halogens is 1. The first kappa shape index (κ1) is 51.3. The van der Waals surface area contributed by atoms with Crippen LogP contribution in [0, 0.1) is 18.2 Å². The number of likely N-dealkylation sites (tertiary alicyclic amines) is 1. The third-order valence-corrected chi connectivity index (χ3v) is 15.2. The molecule has 1 aliphatic carbocycles. The summed E-state index contributed by atoms with van der Waals surface area (Å²) in [6, 6.07) is 10.8. The zero-order valence-corrected chi connectivity index (χ0v) is 43.0. The number of anilines is 2. The Balaban J connectivity index is 0.662. The smallest absolute Gasteiger partial charge is 0.254 e. The molecule has 0 radical (unpaired) electrons. The number of nitrogens with zero attached hydrogens (tertiary/aromatic N) is 8. The van der Waals surface area contributed by atoms with Crippen LogP contribution in [0.2, 0.25) is 0 Å². The Kier molecular flexibility index (Phi) is 16.0. The molecule has 1 saturated carbocycles. The van der Waals surface area contributed by atoms with Crippen LogP contribution in [0.4, 0.5) is 15.9 Å². The van der Waals surface area contributed by atoms with Gasteiger partial charge in [-0.05, 0) is 73.9 Å². The van der Waals surface area contributed by atoms with Crippen molar-refractivity contribution in [2.75, 3.05) is 44.6 Å². The second-order valence-electron chi connectivity index (χ2n) is 20.9. The van der Waals surface area contributed by atoms with Gasteiger partial charge in [-0.2, -0.15) is 5.10 Å². The summed E-state index contributed by atoms with van der Waals surface area (Å²) in [5, 5.41) is 26.6. The van der Waals surface area contributed by atoms with E-state index in [-0.39, 0.29) is 48.8 Å². The number of nitrogens with one attached hydrogen (secondary N) is 4. The van der Waals surface area contributed by atoms with Gasteiger partial charge in [0.2, 0.25) is 17.7 Å². The van der Waals surface area contributed by atoms with Crippen LogP contribution in [-0.4, -0.2) is 130 Å². The number of imidazole rings is 1. The first-order valence-electron chi connectivity index (χ1n) is 25.7. The van der Waals surface area contributed by atoms with Crippen molar-refractivity contribution in [3.05, 3.63) is 101 Å². The molecule has 4 aromatic heterocycles. The lowest BCUT2D eigenvalue weighted by Crippen LogP contribution is -2.57. The number of H-pyrrole nitrogens is 1. The van der Waals surface area contributed by atoms with Gasteiger partial charge >= 0.3 is 0 Å². The molecule has 0 spiro atoms. The minimum atomic E-state index is -0.863. The molecule has 0 bridgehead atoms. The molecule has 9 rings (SSSR count). The van der Waals surface area contributed by atoms with Crippen molar-refractivity contribution in [1.82, 2.24) is 54.9 Å². The van der Waals surface area contributed by atoms with E-state index < -0.39 is 29.4 Å². The highest BCUT2D eigenvalue weighted by atomic mass is 32.1. The van der Waals surface area contributed by atoms with Crippen molar-refractivity contribution in [1.29, 1.82) is 0 Å². The second-order valence-corrected chi connectivity index (χ2v) is 21.7. The standard InChI is InChI=1S/C54H67FN12O5S/c1-34-47(73-33-58-34)37-14-12-35(13-15-37)27-57-51(70)44-26-40(68)31-67(44)53(72)48(54(2,3)4)63-46(69)11-9-7-5-6-8-10-20-64-21-23-65(24-22-64)52(71)38-18-19-42(41(55)25-38)61-49-50-56-30-45(39-28-59-60-29-39)66(50)32-43(62-49)36-16-17-36/h12-15,18-19,25,28-30,32-33,36,40,44,48,68H,5-11,16-17,20-24,26-27,31H2,1-4H3,(H,57,70)(H,59,60)(H,61,62)(H,63,69)/t40-,44+,48-/m1/s1. The largest absolute Gasteiger partial charge is 0.391 e. The van der Waals surface area contributed by atoms with Gasteiger partial charge in [-0.3, -0.25) is 33.6 Å². The normalized spacial score (nSPS) is 17.8. The highest BCUT2D eigenvalue weighted by Gasteiger charge is 2.44. The van der Waals surface area contributed by atoms with Gasteiger partial charge in [-0.25, -0.2) is 19.3 Å². The van der Waals surface area contributed by atoms with E-state index in [2.05, 4.69) is 41.0 Å². The summed E-state index contributed by atoms with van der Waals surface area (Å²) in [5.74, 6) is -0.835. The molecule has 6 heterocycles. The molecule has 3 atom stereocenters. The van der Waals surface area contributed by atoms with Crippen molar-refractivity contribution >= 4 is 52.1 Å². The number of aliphatic hydroxyl groups is 1. The number of hydrogen-bond acceptors (Lipinski definition) is 12. The molecule has 2 aromatic carbocycles. The summed E-state index contributed by atoms with van der Waals surface area (Å²) in [6.07, 6.45) is 14.7. The maximum Gasteiger partial charge on any atom is 0.254 e. The zero-order chi connectivity index (χ0) is 51.2. The molecule has 17 nitrogen and oxygen atoms in total. The molecule has 6 aromatic rings. The summed E-state index contributed by atoms with van der Waals surface area (Å²) in [6.45, 7) is 11.5. The van der Waals surface area contributed by atoms with Gasteiger partial charge in [0.05, 0.1) is 51.7 Å². The van der Waals surface area contributed by atoms with E-state index >= 15 is 4.39 Å². The summed E-state index contributed by atoms with van der Waals surface area (Å²) < 4.78 is 17.6. The number of fused-ring (bicyclic) bond motifs is 1. The van der Waals surface area contributed by atoms with E-state index in [0.29, 0.717) is 48.9 Å². The molecular formula is C54H67FN12O5S. The number of benzene rings is 2. The van der Waals surface area contributed by atoms with E-state index in [1.165, 1.54) is 11.0 Å². The molecule has 73 heavy (non-hydrogen) atoms. The van der Waals surface area contributed by atoms with Crippen molar-refractivity contribution in [2.24, 2.45) is 5.41 Å². The number of thiazole rings is 1. The number of amides is 4. The Morgan fingerprint density at radius 1 is 0.932 bits per heavy atom. The molecule has 0 unspecified atom stereocenters. The third kappa shape index (κ3) is 12.4. The van der Waals surface area contributed by atoms with Gasteiger partial charge in [0.1, 0.15) is 17.9 Å². The quantitative estimate of drug-likeness (QED) is 0.0471. The first-order valence-corrected chi connectivity index (χ1v) is 26.6. The van der Waals surface area contributed by atoms with Crippen LogP contribution in [0.15, 0.2) is 72.8 Å². The Hall–Kier alpha value is -6.57. The Morgan fingerprint density at radius 2 is 1.68 bits per heavy atom. The molecule has 4 amide bonds. The maximum atomic E-state index is 15.7. The van der Waals surface area contributed by atoms with Gasteiger partial charge in [-0.15, -0.1) is 11.3 Å². The van der Waals surface area contributed by atoms with Crippen LogP contribution < -0.4 is 16.0 Å². The van der Waals surface area contributed by atoms with Crippen LogP contribution >= 0.6 is 11.3 Å². The number of rotatable bonds is 20. The van der Waals surface area contributed by atoms with Gasteiger partial charge < -0.3 is 30.9 Å². The maximum absolute atomic E-state index is 15.7. The van der Waals surface area contributed by atoms with Crippen molar-refractivity contribution in [3.63, 3.8) is 0 Å². The fraction of sp³-hybridized carbons (Fsp3) is 0.481. The minimum absolute atomic E-state index is 0.0244. The first-order chi connectivity index (χ1) is 35.2. The van der Waals surface area contributed by atoms with Gasteiger partial charge in [0, 0.05) is 81.5 Å². The number of aryl methyl sites for hydroxylation is 1. The van der Waals surface area contributed by atoms with E-state index in [9.17, 15) is 24.3 Å². The summed E-state index contributed by atoms with van der Waals surface area (Å²) in [7, 11) is 0. The number of carbonyl (C=O) groups is 4. The topological polar surface area (TPSA) is 206 Å². The number of hydrogen-bond donors (Lipinski definition) is 5. The molecule has 5 N–H and O–H groups in total. The van der Waals surface area contributed by atoms with Crippen molar-refractivity contribution in [2.45, 2.75) is 123 Å². The van der Waals surface area contributed by atoms with E-state index in [1.54, 1.807) is 47.0 Å². The Morgan fingerprint density at radius 3 is 2.37 bits per heavy atom. The predicted octanol–water partition coefficient (Wildman–Crippen LogP) is 7.61. The Labute approximate surface area is 429 Å². The lowest BCUT2D eigenvalue weighted by molar-refractivity contribution is -0.144.